The smallest absolute Gasteiger partial charge is 0.0396 e. The van der Waals surface area contributed by atoms with Gasteiger partial charge in [0.05, 0.1) is 0 Å². The molecule has 0 amide bonds. The Kier molecular flexibility index (Phi) is 2.40. The Labute approximate surface area is 97.4 Å². The van der Waals surface area contributed by atoms with Crippen LogP contribution >= 0.6 is 0 Å². The summed E-state index contributed by atoms with van der Waals surface area (Å²) in [6, 6.07) is 7.03. The molecule has 2 unspecified atom stereocenters. The molecule has 0 spiro atoms. The standard InChI is InChI=1S/C14H20N2/c1-16-6-2-3-11-7-10(4-5-14(11)16)13-8-12(13)9-15/h4-5,7,12-13H,2-3,6,8-9,15H2,1H3. The zero-order valence-electron chi connectivity index (χ0n) is 9.95. The van der Waals surface area contributed by atoms with Crippen molar-refractivity contribution in [3.8, 4) is 0 Å². The number of nitrogens with zero attached hydrogens (tertiary/aromatic N) is 1. The molecule has 1 aromatic carbocycles. The van der Waals surface area contributed by atoms with Crippen LogP contribution in [-0.2, 0) is 6.42 Å². The lowest BCUT2D eigenvalue weighted by Gasteiger charge is -2.27. The van der Waals surface area contributed by atoms with Crippen LogP contribution in [-0.4, -0.2) is 20.1 Å². The normalized spacial score (nSPS) is 27.8. The summed E-state index contributed by atoms with van der Waals surface area (Å²) in [6.45, 7) is 2.04. The number of benzene rings is 1. The number of rotatable bonds is 2. The van der Waals surface area contributed by atoms with Gasteiger partial charge in [-0.05, 0) is 54.8 Å². The van der Waals surface area contributed by atoms with Crippen LogP contribution in [0.1, 0.15) is 29.9 Å². The first-order chi connectivity index (χ1) is 7.79. The van der Waals surface area contributed by atoms with Crippen LogP contribution in [0.5, 0.6) is 0 Å². The summed E-state index contributed by atoms with van der Waals surface area (Å²) in [4.78, 5) is 2.37. The average Bonchev–Trinajstić information content (AvgIpc) is 3.08. The van der Waals surface area contributed by atoms with Gasteiger partial charge in [0.25, 0.3) is 0 Å². The Bertz CT molecular complexity index is 400. The van der Waals surface area contributed by atoms with Gasteiger partial charge in [-0.15, -0.1) is 0 Å². The Morgan fingerprint density at radius 2 is 2.31 bits per heavy atom. The molecule has 2 atom stereocenters. The van der Waals surface area contributed by atoms with Crippen molar-refractivity contribution in [2.24, 2.45) is 11.7 Å². The van der Waals surface area contributed by atoms with Gasteiger partial charge >= 0.3 is 0 Å². The fourth-order valence-corrected chi connectivity index (χ4v) is 2.95. The topological polar surface area (TPSA) is 29.3 Å². The van der Waals surface area contributed by atoms with Crippen LogP contribution in [0.4, 0.5) is 5.69 Å². The predicted octanol–water partition coefficient (Wildman–Crippen LogP) is 2.13. The third-order valence-electron chi connectivity index (χ3n) is 4.11. The fraction of sp³-hybridized carbons (Fsp3) is 0.571. The van der Waals surface area contributed by atoms with Crippen LogP contribution in [0.25, 0.3) is 0 Å². The number of anilines is 1. The Morgan fingerprint density at radius 3 is 3.06 bits per heavy atom. The second-order valence-electron chi connectivity index (χ2n) is 5.25. The third kappa shape index (κ3) is 1.61. The first-order valence-electron chi connectivity index (χ1n) is 6.33. The highest BCUT2D eigenvalue weighted by molar-refractivity contribution is 5.57. The molecule has 3 rings (SSSR count). The molecule has 86 valence electrons. The molecule has 1 heterocycles. The Hall–Kier alpha value is -1.02. The first-order valence-corrected chi connectivity index (χ1v) is 6.33. The quantitative estimate of drug-likeness (QED) is 0.820. The molecule has 0 bridgehead atoms. The van der Waals surface area contributed by atoms with Gasteiger partial charge < -0.3 is 10.6 Å². The van der Waals surface area contributed by atoms with Gasteiger partial charge in [0.15, 0.2) is 0 Å². The zero-order valence-corrected chi connectivity index (χ0v) is 9.95. The van der Waals surface area contributed by atoms with Crippen molar-refractivity contribution in [1.29, 1.82) is 0 Å². The Morgan fingerprint density at radius 1 is 1.44 bits per heavy atom. The fourth-order valence-electron chi connectivity index (χ4n) is 2.95. The van der Waals surface area contributed by atoms with Crippen molar-refractivity contribution in [1.82, 2.24) is 0 Å². The minimum atomic E-state index is 0.749. The summed E-state index contributed by atoms with van der Waals surface area (Å²) in [7, 11) is 2.19. The maximum absolute atomic E-state index is 5.71. The average molecular weight is 216 g/mol. The van der Waals surface area contributed by atoms with Crippen LogP contribution in [0.3, 0.4) is 0 Å². The minimum absolute atomic E-state index is 0.749. The lowest BCUT2D eigenvalue weighted by atomic mass is 9.97. The van der Waals surface area contributed by atoms with E-state index < -0.39 is 0 Å². The minimum Gasteiger partial charge on any atom is -0.374 e. The molecule has 1 aliphatic carbocycles. The van der Waals surface area contributed by atoms with E-state index in [9.17, 15) is 0 Å². The zero-order chi connectivity index (χ0) is 11.1. The van der Waals surface area contributed by atoms with Crippen LogP contribution in [0.2, 0.25) is 0 Å². The molecule has 1 aliphatic heterocycles. The van der Waals surface area contributed by atoms with Gasteiger partial charge in [0.2, 0.25) is 0 Å². The van der Waals surface area contributed by atoms with Crippen molar-refractivity contribution in [2.75, 3.05) is 25.0 Å². The number of hydrogen-bond acceptors (Lipinski definition) is 2. The van der Waals surface area contributed by atoms with Crippen molar-refractivity contribution in [2.45, 2.75) is 25.2 Å². The van der Waals surface area contributed by atoms with E-state index in [2.05, 4.69) is 30.1 Å². The van der Waals surface area contributed by atoms with Gasteiger partial charge in [0.1, 0.15) is 0 Å². The molecule has 0 radical (unpaired) electrons. The van der Waals surface area contributed by atoms with E-state index >= 15 is 0 Å². The van der Waals surface area contributed by atoms with E-state index in [1.807, 2.05) is 0 Å². The molecule has 2 heteroatoms. The van der Waals surface area contributed by atoms with Crippen molar-refractivity contribution in [3.05, 3.63) is 29.3 Å². The molecule has 0 aromatic heterocycles. The summed E-state index contributed by atoms with van der Waals surface area (Å²) in [5.74, 6) is 1.50. The predicted molar refractivity (Wildman–Crippen MR) is 67.9 cm³/mol. The lowest BCUT2D eigenvalue weighted by molar-refractivity contribution is 0.741. The third-order valence-corrected chi connectivity index (χ3v) is 4.11. The van der Waals surface area contributed by atoms with E-state index in [0.717, 1.165) is 18.4 Å². The van der Waals surface area contributed by atoms with E-state index in [-0.39, 0.29) is 0 Å². The number of hydrogen-bond donors (Lipinski definition) is 1. The second kappa shape index (κ2) is 3.77. The van der Waals surface area contributed by atoms with Gasteiger partial charge in [-0.1, -0.05) is 12.1 Å². The maximum atomic E-state index is 5.71. The summed E-state index contributed by atoms with van der Waals surface area (Å²) in [5, 5.41) is 0. The number of aryl methyl sites for hydroxylation is 1. The Balaban J connectivity index is 1.88. The van der Waals surface area contributed by atoms with E-state index in [0.29, 0.717) is 0 Å². The largest absolute Gasteiger partial charge is 0.374 e. The van der Waals surface area contributed by atoms with E-state index in [4.69, 9.17) is 5.73 Å². The number of fused-ring (bicyclic) bond motifs is 1. The van der Waals surface area contributed by atoms with E-state index in [1.165, 1.54) is 42.6 Å². The number of nitrogens with two attached hydrogens (primary N) is 1. The van der Waals surface area contributed by atoms with Crippen LogP contribution in [0, 0.1) is 5.92 Å². The molecular formula is C14H20N2. The van der Waals surface area contributed by atoms with Crippen molar-refractivity contribution < 1.29 is 0 Å². The van der Waals surface area contributed by atoms with Crippen LogP contribution < -0.4 is 10.6 Å². The summed E-state index contributed by atoms with van der Waals surface area (Å²) < 4.78 is 0. The van der Waals surface area contributed by atoms with Crippen molar-refractivity contribution >= 4 is 5.69 Å². The molecule has 2 nitrogen and oxygen atoms in total. The van der Waals surface area contributed by atoms with Gasteiger partial charge in [-0.3, -0.25) is 0 Å². The maximum Gasteiger partial charge on any atom is 0.0396 e. The molecule has 1 saturated carbocycles. The summed E-state index contributed by atoms with van der Waals surface area (Å²) in [5.41, 5.74) is 10.2. The van der Waals surface area contributed by atoms with Crippen LogP contribution in [0.15, 0.2) is 18.2 Å². The highest BCUT2D eigenvalue weighted by atomic mass is 15.1. The van der Waals surface area contributed by atoms with Gasteiger partial charge in [0, 0.05) is 19.3 Å². The van der Waals surface area contributed by atoms with Gasteiger partial charge in [-0.25, -0.2) is 0 Å². The molecule has 16 heavy (non-hydrogen) atoms. The van der Waals surface area contributed by atoms with Gasteiger partial charge in [-0.2, -0.15) is 0 Å². The summed E-state index contributed by atoms with van der Waals surface area (Å²) >= 11 is 0. The SMILES string of the molecule is CN1CCCc2cc(C3CC3CN)ccc21. The second-order valence-corrected chi connectivity index (χ2v) is 5.25. The molecular weight excluding hydrogens is 196 g/mol. The molecule has 1 fully saturated rings. The molecule has 2 aliphatic rings. The monoisotopic (exact) mass is 216 g/mol. The highest BCUT2D eigenvalue weighted by Crippen LogP contribution is 2.47. The van der Waals surface area contributed by atoms with Crippen molar-refractivity contribution in [3.63, 3.8) is 0 Å². The van der Waals surface area contributed by atoms with E-state index in [1.54, 1.807) is 0 Å². The molecule has 0 saturated heterocycles. The highest BCUT2D eigenvalue weighted by Gasteiger charge is 2.37. The first kappa shape index (κ1) is 10.2. The lowest BCUT2D eigenvalue weighted by Crippen LogP contribution is -2.24. The molecule has 2 N–H and O–H groups in total. The summed E-state index contributed by atoms with van der Waals surface area (Å²) in [6.07, 6.45) is 3.83. The molecule has 1 aromatic rings.